The zero-order valence-corrected chi connectivity index (χ0v) is 11.2. The second-order valence-electron chi connectivity index (χ2n) is 3.78. The van der Waals surface area contributed by atoms with Crippen molar-refractivity contribution >= 4 is 21.7 Å². The fraction of sp³-hybridized carbons (Fsp3) is 0.167. The number of para-hydroxylation sites is 1. The highest BCUT2D eigenvalue weighted by Gasteiger charge is 2.24. The molecule has 0 saturated carbocycles. The Morgan fingerprint density at radius 2 is 1.74 bits per heavy atom. The molecule has 2 N–H and O–H groups in total. The van der Waals surface area contributed by atoms with E-state index in [4.69, 9.17) is 5.73 Å². The van der Waals surface area contributed by atoms with E-state index in [-0.39, 0.29) is 10.8 Å². The first-order valence-electron chi connectivity index (χ1n) is 5.71. The number of anilines is 2. The minimum atomic E-state index is -3.67. The van der Waals surface area contributed by atoms with Gasteiger partial charge in [-0.2, -0.15) is 0 Å². The van der Waals surface area contributed by atoms with Gasteiger partial charge in [0.1, 0.15) is 4.90 Å². The van der Waals surface area contributed by atoms with Crippen LogP contribution < -0.4 is 10.0 Å². The van der Waals surface area contributed by atoms with E-state index in [1.54, 1.807) is 31.2 Å². The predicted octanol–water partition coefficient (Wildman–Crippen LogP) is 1.27. The first kappa shape index (κ1) is 13.3. The van der Waals surface area contributed by atoms with Gasteiger partial charge in [-0.15, -0.1) is 0 Å². The number of nitrogen functional groups attached to an aromatic ring is 1. The second-order valence-corrected chi connectivity index (χ2v) is 5.64. The molecule has 0 unspecified atom stereocenters. The summed E-state index contributed by atoms with van der Waals surface area (Å²) in [6, 6.07) is 8.87. The number of benzene rings is 1. The van der Waals surface area contributed by atoms with Gasteiger partial charge in [0.2, 0.25) is 5.95 Å². The molecule has 1 heterocycles. The van der Waals surface area contributed by atoms with Crippen LogP contribution in [0.1, 0.15) is 6.92 Å². The van der Waals surface area contributed by atoms with Gasteiger partial charge in [0.05, 0.1) is 18.1 Å². The first-order valence-corrected chi connectivity index (χ1v) is 7.15. The highest BCUT2D eigenvalue weighted by Crippen LogP contribution is 2.22. The van der Waals surface area contributed by atoms with Crippen molar-refractivity contribution in [3.05, 3.63) is 42.7 Å². The fourth-order valence-corrected chi connectivity index (χ4v) is 3.04. The lowest BCUT2D eigenvalue weighted by Crippen LogP contribution is -2.30. The SMILES string of the molecule is CCN(c1ccccc1)S(=O)(=O)c1cnc(N)nc1. The number of sulfonamides is 1. The van der Waals surface area contributed by atoms with Crippen LogP contribution in [-0.2, 0) is 10.0 Å². The van der Waals surface area contributed by atoms with Gasteiger partial charge in [-0.05, 0) is 19.1 Å². The number of nitrogens with two attached hydrogens (primary N) is 1. The molecule has 1 aromatic heterocycles. The molecule has 0 amide bonds. The first-order chi connectivity index (χ1) is 9.05. The zero-order valence-electron chi connectivity index (χ0n) is 10.4. The molecular weight excluding hydrogens is 264 g/mol. The average molecular weight is 278 g/mol. The predicted molar refractivity (Wildman–Crippen MR) is 73.1 cm³/mol. The Balaban J connectivity index is 2.45. The fourth-order valence-electron chi connectivity index (χ4n) is 1.67. The number of hydrogen-bond acceptors (Lipinski definition) is 5. The molecule has 0 aliphatic rings. The van der Waals surface area contributed by atoms with Crippen LogP contribution in [0.5, 0.6) is 0 Å². The molecule has 0 saturated heterocycles. The number of rotatable bonds is 4. The van der Waals surface area contributed by atoms with Gasteiger partial charge in [-0.25, -0.2) is 18.4 Å². The smallest absolute Gasteiger partial charge is 0.267 e. The minimum absolute atomic E-state index is 0.0207. The highest BCUT2D eigenvalue weighted by atomic mass is 32.2. The van der Waals surface area contributed by atoms with Crippen molar-refractivity contribution in [1.82, 2.24) is 9.97 Å². The molecule has 0 aliphatic carbocycles. The van der Waals surface area contributed by atoms with E-state index in [0.717, 1.165) is 0 Å². The monoisotopic (exact) mass is 278 g/mol. The van der Waals surface area contributed by atoms with Crippen molar-refractivity contribution in [2.75, 3.05) is 16.6 Å². The second kappa shape index (κ2) is 5.23. The molecule has 6 nitrogen and oxygen atoms in total. The lowest BCUT2D eigenvalue weighted by atomic mass is 10.3. The van der Waals surface area contributed by atoms with Crippen LogP contribution in [0.2, 0.25) is 0 Å². The molecule has 2 aromatic rings. The third-order valence-electron chi connectivity index (χ3n) is 2.57. The maximum Gasteiger partial charge on any atom is 0.267 e. The molecule has 2 rings (SSSR count). The van der Waals surface area contributed by atoms with Gasteiger partial charge in [-0.1, -0.05) is 18.2 Å². The van der Waals surface area contributed by atoms with E-state index in [0.29, 0.717) is 12.2 Å². The van der Waals surface area contributed by atoms with Crippen LogP contribution in [0.25, 0.3) is 0 Å². The van der Waals surface area contributed by atoms with Crippen LogP contribution in [-0.4, -0.2) is 24.9 Å². The molecular formula is C12H14N4O2S. The maximum absolute atomic E-state index is 12.5. The van der Waals surface area contributed by atoms with E-state index >= 15 is 0 Å². The van der Waals surface area contributed by atoms with Crippen molar-refractivity contribution in [2.24, 2.45) is 0 Å². The van der Waals surface area contributed by atoms with Crippen molar-refractivity contribution in [3.8, 4) is 0 Å². The summed E-state index contributed by atoms with van der Waals surface area (Å²) >= 11 is 0. The van der Waals surface area contributed by atoms with Crippen LogP contribution in [0.15, 0.2) is 47.6 Å². The van der Waals surface area contributed by atoms with E-state index < -0.39 is 10.0 Å². The lowest BCUT2D eigenvalue weighted by Gasteiger charge is -2.22. The molecule has 19 heavy (non-hydrogen) atoms. The lowest BCUT2D eigenvalue weighted by molar-refractivity contribution is 0.591. The molecule has 0 bridgehead atoms. The summed E-state index contributed by atoms with van der Waals surface area (Å²) < 4.78 is 26.3. The summed E-state index contributed by atoms with van der Waals surface area (Å²) in [4.78, 5) is 7.45. The van der Waals surface area contributed by atoms with E-state index in [9.17, 15) is 8.42 Å². The third-order valence-corrected chi connectivity index (χ3v) is 4.42. The minimum Gasteiger partial charge on any atom is -0.368 e. The Morgan fingerprint density at radius 3 is 2.26 bits per heavy atom. The zero-order chi connectivity index (χ0) is 13.9. The van der Waals surface area contributed by atoms with Crippen molar-refractivity contribution < 1.29 is 8.42 Å². The Labute approximate surface area is 112 Å². The number of hydrogen-bond donors (Lipinski definition) is 1. The number of nitrogens with zero attached hydrogens (tertiary/aromatic N) is 3. The van der Waals surface area contributed by atoms with Crippen LogP contribution in [0, 0.1) is 0 Å². The third kappa shape index (κ3) is 2.65. The molecule has 0 radical (unpaired) electrons. The molecule has 1 aromatic carbocycles. The van der Waals surface area contributed by atoms with Crippen LogP contribution >= 0.6 is 0 Å². The van der Waals surface area contributed by atoms with Crippen LogP contribution in [0.3, 0.4) is 0 Å². The molecule has 100 valence electrons. The highest BCUT2D eigenvalue weighted by molar-refractivity contribution is 7.92. The Hall–Kier alpha value is -2.15. The normalized spacial score (nSPS) is 11.2. The van der Waals surface area contributed by atoms with Crippen molar-refractivity contribution in [3.63, 3.8) is 0 Å². The summed E-state index contributed by atoms with van der Waals surface area (Å²) in [6.07, 6.45) is 2.42. The standard InChI is InChI=1S/C12H14N4O2S/c1-2-16(10-6-4-3-5-7-10)19(17,18)11-8-14-12(13)15-9-11/h3-9H,2H2,1H3,(H2,13,14,15). The molecule has 0 aliphatic heterocycles. The van der Waals surface area contributed by atoms with Gasteiger partial charge < -0.3 is 5.73 Å². The van der Waals surface area contributed by atoms with E-state index in [1.165, 1.54) is 16.7 Å². The number of aromatic nitrogens is 2. The van der Waals surface area contributed by atoms with Gasteiger partial charge in [-0.3, -0.25) is 4.31 Å². The topological polar surface area (TPSA) is 89.2 Å². The summed E-state index contributed by atoms with van der Waals surface area (Å²) in [5.41, 5.74) is 5.96. The van der Waals surface area contributed by atoms with Gasteiger partial charge in [0, 0.05) is 6.54 Å². The van der Waals surface area contributed by atoms with Crippen molar-refractivity contribution in [1.29, 1.82) is 0 Å². The van der Waals surface area contributed by atoms with Gasteiger partial charge in [0.15, 0.2) is 0 Å². The Morgan fingerprint density at radius 1 is 1.16 bits per heavy atom. The summed E-state index contributed by atoms with van der Waals surface area (Å²) in [7, 11) is -3.67. The molecule has 7 heteroatoms. The average Bonchev–Trinajstić information content (AvgIpc) is 2.41. The molecule has 0 fully saturated rings. The van der Waals surface area contributed by atoms with Crippen LogP contribution in [0.4, 0.5) is 11.6 Å². The van der Waals surface area contributed by atoms with E-state index in [1.807, 2.05) is 6.07 Å². The molecule has 0 atom stereocenters. The Bertz CT molecular complexity index is 641. The van der Waals surface area contributed by atoms with Crippen molar-refractivity contribution in [2.45, 2.75) is 11.8 Å². The summed E-state index contributed by atoms with van der Waals surface area (Å²) in [6.45, 7) is 2.08. The summed E-state index contributed by atoms with van der Waals surface area (Å²) in [5, 5.41) is 0. The van der Waals surface area contributed by atoms with Gasteiger partial charge in [0.25, 0.3) is 10.0 Å². The molecule has 0 spiro atoms. The largest absolute Gasteiger partial charge is 0.368 e. The maximum atomic E-state index is 12.5. The summed E-state index contributed by atoms with van der Waals surface area (Å²) in [5.74, 6) is 0.0432. The quantitative estimate of drug-likeness (QED) is 0.909. The van der Waals surface area contributed by atoms with E-state index in [2.05, 4.69) is 9.97 Å². The Kier molecular flexibility index (Phi) is 3.66. The van der Waals surface area contributed by atoms with Gasteiger partial charge >= 0.3 is 0 Å².